The van der Waals surface area contributed by atoms with Crippen LogP contribution in [0.3, 0.4) is 0 Å². The number of nitrogens with zero attached hydrogens (tertiary/aromatic N) is 3. The van der Waals surface area contributed by atoms with Gasteiger partial charge in [0, 0.05) is 55.0 Å². The van der Waals surface area contributed by atoms with Gasteiger partial charge in [0.1, 0.15) is 0 Å². The highest BCUT2D eigenvalue weighted by atomic mass is 32.1. The third kappa shape index (κ3) is 5.27. The molecule has 2 aromatic heterocycles. The van der Waals surface area contributed by atoms with Crippen molar-refractivity contribution in [3.05, 3.63) is 35.1 Å². The fraction of sp³-hybridized carbons (Fsp3) is 0.667. The molecule has 9 nitrogen and oxygen atoms in total. The van der Waals surface area contributed by atoms with E-state index in [1.54, 1.807) is 23.7 Å². The molecular formula is C27H39N5O4S. The van der Waals surface area contributed by atoms with Crippen molar-refractivity contribution in [2.24, 2.45) is 16.7 Å². The summed E-state index contributed by atoms with van der Waals surface area (Å²) in [5, 5.41) is 28.7. The number of carbonyl (C=O) groups is 1. The second-order valence-electron chi connectivity index (χ2n) is 11.2. The van der Waals surface area contributed by atoms with Gasteiger partial charge < -0.3 is 25.6 Å². The van der Waals surface area contributed by atoms with E-state index in [4.69, 9.17) is 9.72 Å². The molecule has 0 bridgehead atoms. The van der Waals surface area contributed by atoms with E-state index in [9.17, 15) is 15.0 Å². The third-order valence-electron chi connectivity index (χ3n) is 9.05. The average molecular weight is 530 g/mol. The molecule has 2 fully saturated rings. The van der Waals surface area contributed by atoms with E-state index in [2.05, 4.69) is 27.4 Å². The van der Waals surface area contributed by atoms with Gasteiger partial charge in [-0.15, -0.1) is 11.3 Å². The molecule has 0 aromatic carbocycles. The zero-order valence-corrected chi connectivity index (χ0v) is 22.6. The number of aliphatic hydroxyl groups excluding tert-OH is 2. The molecule has 1 saturated carbocycles. The SMILES string of the molecule is C[C@]1(CO)[C@H]2Cc3sc(Nc4cccnc4)nc3[C@@H](CC(=O)NCCN3CCOCC3)[C@]2(C)CC[C@H]1O. The van der Waals surface area contributed by atoms with Gasteiger partial charge in [0.05, 0.1) is 43.5 Å². The average Bonchev–Trinajstić information content (AvgIpc) is 3.31. The number of fused-ring (bicyclic) bond motifs is 2. The quantitative estimate of drug-likeness (QED) is 0.412. The second-order valence-corrected chi connectivity index (χ2v) is 12.3. The lowest BCUT2D eigenvalue weighted by Gasteiger charge is -2.58. The van der Waals surface area contributed by atoms with Crippen LogP contribution in [0.15, 0.2) is 24.5 Å². The van der Waals surface area contributed by atoms with Crippen LogP contribution in [0.2, 0.25) is 0 Å². The van der Waals surface area contributed by atoms with Crippen molar-refractivity contribution in [2.45, 2.75) is 51.6 Å². The van der Waals surface area contributed by atoms with E-state index >= 15 is 0 Å². The summed E-state index contributed by atoms with van der Waals surface area (Å²) >= 11 is 1.60. The molecule has 1 aliphatic heterocycles. The van der Waals surface area contributed by atoms with E-state index in [-0.39, 0.29) is 29.8 Å². The van der Waals surface area contributed by atoms with Crippen LogP contribution < -0.4 is 10.6 Å². The molecule has 5 atom stereocenters. The molecule has 10 heteroatoms. The van der Waals surface area contributed by atoms with Crippen LogP contribution in [-0.4, -0.2) is 83.1 Å². The molecule has 37 heavy (non-hydrogen) atoms. The van der Waals surface area contributed by atoms with Gasteiger partial charge in [0.25, 0.3) is 0 Å². The number of morpholine rings is 1. The summed E-state index contributed by atoms with van der Waals surface area (Å²) in [5.74, 6) is -0.0273. The summed E-state index contributed by atoms with van der Waals surface area (Å²) in [6.07, 6.45) is 5.42. The maximum Gasteiger partial charge on any atom is 0.220 e. The van der Waals surface area contributed by atoms with Gasteiger partial charge in [-0.3, -0.25) is 14.7 Å². The molecule has 0 spiro atoms. The van der Waals surface area contributed by atoms with Gasteiger partial charge in [-0.25, -0.2) is 4.98 Å². The van der Waals surface area contributed by atoms with Crippen LogP contribution in [0.1, 0.15) is 49.6 Å². The Kier molecular flexibility index (Phi) is 7.83. The van der Waals surface area contributed by atoms with Crippen LogP contribution >= 0.6 is 11.3 Å². The van der Waals surface area contributed by atoms with Crippen molar-refractivity contribution < 1.29 is 19.7 Å². The summed E-state index contributed by atoms with van der Waals surface area (Å²) in [7, 11) is 0. The summed E-state index contributed by atoms with van der Waals surface area (Å²) in [5.41, 5.74) is 0.960. The van der Waals surface area contributed by atoms with Crippen LogP contribution in [0.4, 0.5) is 10.8 Å². The lowest BCUT2D eigenvalue weighted by Crippen LogP contribution is -2.57. The highest BCUT2D eigenvalue weighted by Crippen LogP contribution is 2.62. The topological polar surface area (TPSA) is 120 Å². The predicted octanol–water partition coefficient (Wildman–Crippen LogP) is 2.54. The highest BCUT2D eigenvalue weighted by molar-refractivity contribution is 7.15. The molecule has 0 unspecified atom stereocenters. The number of rotatable bonds is 8. The molecule has 0 radical (unpaired) electrons. The Morgan fingerprint density at radius 1 is 1.32 bits per heavy atom. The van der Waals surface area contributed by atoms with Crippen LogP contribution in [0, 0.1) is 16.7 Å². The van der Waals surface area contributed by atoms with E-state index in [1.165, 1.54) is 0 Å². The number of carbonyl (C=O) groups excluding carboxylic acids is 1. The molecule has 4 N–H and O–H groups in total. The Bertz CT molecular complexity index is 1080. The van der Waals surface area contributed by atoms with Crippen molar-refractivity contribution in [1.29, 1.82) is 0 Å². The first-order chi connectivity index (χ1) is 17.8. The van der Waals surface area contributed by atoms with Crippen molar-refractivity contribution in [3.8, 4) is 0 Å². The van der Waals surface area contributed by atoms with Crippen molar-refractivity contribution >= 4 is 28.1 Å². The molecule has 2 aliphatic carbocycles. The van der Waals surface area contributed by atoms with Crippen molar-refractivity contribution in [2.75, 3.05) is 51.3 Å². The fourth-order valence-electron chi connectivity index (χ4n) is 6.70. The smallest absolute Gasteiger partial charge is 0.220 e. The molecule has 3 aliphatic rings. The number of aliphatic hydroxyl groups is 2. The zero-order valence-electron chi connectivity index (χ0n) is 21.8. The largest absolute Gasteiger partial charge is 0.396 e. The van der Waals surface area contributed by atoms with Crippen LogP contribution in [-0.2, 0) is 16.0 Å². The number of amides is 1. The summed E-state index contributed by atoms with van der Waals surface area (Å²) in [6, 6.07) is 3.83. The number of thiazole rings is 1. The summed E-state index contributed by atoms with van der Waals surface area (Å²) in [4.78, 5) is 25.9. The van der Waals surface area contributed by atoms with Crippen molar-refractivity contribution in [3.63, 3.8) is 0 Å². The minimum atomic E-state index is -0.628. The number of aromatic nitrogens is 2. The summed E-state index contributed by atoms with van der Waals surface area (Å²) in [6.45, 7) is 8.86. The highest BCUT2D eigenvalue weighted by Gasteiger charge is 2.59. The summed E-state index contributed by atoms with van der Waals surface area (Å²) < 4.78 is 5.42. The van der Waals surface area contributed by atoms with Gasteiger partial charge in [0.2, 0.25) is 5.91 Å². The Morgan fingerprint density at radius 2 is 2.14 bits per heavy atom. The molecule has 2 aromatic rings. The maximum atomic E-state index is 13.3. The first-order valence-electron chi connectivity index (χ1n) is 13.4. The number of hydrogen-bond acceptors (Lipinski definition) is 9. The molecule has 1 amide bonds. The predicted molar refractivity (Wildman–Crippen MR) is 143 cm³/mol. The molecular weight excluding hydrogens is 490 g/mol. The monoisotopic (exact) mass is 529 g/mol. The van der Waals surface area contributed by atoms with Crippen LogP contribution in [0.5, 0.6) is 0 Å². The Morgan fingerprint density at radius 3 is 2.86 bits per heavy atom. The van der Waals surface area contributed by atoms with E-state index in [0.717, 1.165) is 67.1 Å². The minimum absolute atomic E-state index is 0.0256. The van der Waals surface area contributed by atoms with Crippen LogP contribution in [0.25, 0.3) is 0 Å². The van der Waals surface area contributed by atoms with Gasteiger partial charge >= 0.3 is 0 Å². The first-order valence-corrected chi connectivity index (χ1v) is 14.2. The molecule has 1 saturated heterocycles. The Labute approximate surface area is 222 Å². The number of ether oxygens (including phenoxy) is 1. The van der Waals surface area contributed by atoms with E-state index in [0.29, 0.717) is 19.4 Å². The van der Waals surface area contributed by atoms with Gasteiger partial charge in [-0.1, -0.05) is 13.8 Å². The zero-order chi connectivity index (χ0) is 26.0. The van der Waals surface area contributed by atoms with E-state index in [1.807, 2.05) is 19.1 Å². The minimum Gasteiger partial charge on any atom is -0.396 e. The standard InChI is InChI=1S/C27H39N5O4S/c1-26-6-5-22(34)27(2,17-33)21(26)15-20-24(31-25(37-20)30-18-4-3-7-28-16-18)19(26)14-23(35)29-8-9-32-10-12-36-13-11-32/h3-4,7,16,19,21-22,33-34H,5-6,8-15,17H2,1-2H3,(H,29,35)(H,30,31)/t19-,21+,22-,26+,27+/m1/s1. The van der Waals surface area contributed by atoms with Gasteiger partial charge in [-0.2, -0.15) is 0 Å². The molecule has 202 valence electrons. The van der Waals surface area contributed by atoms with Gasteiger partial charge in [0.15, 0.2) is 5.13 Å². The lowest BCUT2D eigenvalue weighted by atomic mass is 9.47. The second kappa shape index (κ2) is 10.9. The third-order valence-corrected chi connectivity index (χ3v) is 10.1. The molecule has 5 rings (SSSR count). The van der Waals surface area contributed by atoms with E-state index < -0.39 is 11.5 Å². The number of nitrogens with one attached hydrogen (secondary N) is 2. The first kappa shape index (κ1) is 26.5. The number of anilines is 2. The molecule has 3 heterocycles. The Hall–Kier alpha value is -2.11. The van der Waals surface area contributed by atoms with Crippen molar-refractivity contribution in [1.82, 2.24) is 20.2 Å². The maximum absolute atomic E-state index is 13.3. The number of hydrogen-bond donors (Lipinski definition) is 4. The Balaban J connectivity index is 1.39. The van der Waals surface area contributed by atoms with Gasteiger partial charge in [-0.05, 0) is 42.7 Å². The normalized spacial score (nSPS) is 31.8. The number of pyridine rings is 1. The lowest BCUT2D eigenvalue weighted by molar-refractivity contribution is -0.144. The fourth-order valence-corrected chi connectivity index (χ4v) is 7.78.